The van der Waals surface area contributed by atoms with Gasteiger partial charge in [0.15, 0.2) is 6.10 Å². The topological polar surface area (TPSA) is 107 Å². The van der Waals surface area contributed by atoms with Gasteiger partial charge in [-0.1, -0.05) is 12.1 Å². The van der Waals surface area contributed by atoms with Crippen LogP contribution in [0.25, 0.3) is 0 Å². The van der Waals surface area contributed by atoms with Crippen LogP contribution in [0.2, 0.25) is 0 Å². The van der Waals surface area contributed by atoms with Crippen LogP contribution in [0.4, 0.5) is 5.69 Å². The molecule has 0 amide bonds. The van der Waals surface area contributed by atoms with E-state index in [0.29, 0.717) is 0 Å². The fraction of sp³-hybridized carbons (Fsp3) is 0.333. The smallest absolute Gasteiger partial charge is 0.275 e. The Hall–Kier alpha value is -2.02. The highest BCUT2D eigenvalue weighted by molar-refractivity contribution is 5.41. The van der Waals surface area contributed by atoms with E-state index in [9.17, 15) is 25.3 Å². The van der Waals surface area contributed by atoms with Crippen LogP contribution in [0.15, 0.2) is 24.3 Å². The van der Waals surface area contributed by atoms with E-state index in [4.69, 9.17) is 0 Å². The first-order chi connectivity index (χ1) is 7.45. The van der Waals surface area contributed by atoms with Crippen LogP contribution >= 0.6 is 0 Å². The lowest BCUT2D eigenvalue weighted by atomic mass is 10.0. The van der Waals surface area contributed by atoms with Crippen molar-refractivity contribution in [2.24, 2.45) is 0 Å². The van der Waals surface area contributed by atoms with E-state index in [1.807, 2.05) is 0 Å². The van der Waals surface area contributed by atoms with E-state index in [1.54, 1.807) is 0 Å². The van der Waals surface area contributed by atoms with Crippen LogP contribution in [-0.2, 0) is 0 Å². The van der Waals surface area contributed by atoms with Crippen molar-refractivity contribution in [3.8, 4) is 0 Å². The fourth-order valence-corrected chi connectivity index (χ4v) is 1.28. The molecule has 0 bridgehead atoms. The van der Waals surface area contributed by atoms with Crippen molar-refractivity contribution >= 4 is 5.69 Å². The molecule has 16 heavy (non-hydrogen) atoms. The third-order valence-corrected chi connectivity index (χ3v) is 2.24. The molecule has 2 atom stereocenters. The van der Waals surface area contributed by atoms with E-state index in [1.165, 1.54) is 31.2 Å². The Kier molecular flexibility index (Phi) is 3.51. The third kappa shape index (κ3) is 2.31. The van der Waals surface area contributed by atoms with Crippen LogP contribution in [0.3, 0.4) is 0 Å². The first-order valence-electron chi connectivity index (χ1n) is 4.50. The van der Waals surface area contributed by atoms with Crippen LogP contribution in [0.5, 0.6) is 0 Å². The van der Waals surface area contributed by atoms with Gasteiger partial charge in [0.1, 0.15) is 0 Å². The second kappa shape index (κ2) is 4.67. The van der Waals surface area contributed by atoms with E-state index in [0.717, 1.165) is 0 Å². The lowest BCUT2D eigenvalue weighted by Crippen LogP contribution is -2.24. The predicted molar refractivity (Wildman–Crippen MR) is 54.5 cm³/mol. The van der Waals surface area contributed by atoms with Crippen molar-refractivity contribution < 1.29 is 15.0 Å². The molecule has 86 valence electrons. The summed E-state index contributed by atoms with van der Waals surface area (Å²) in [7, 11) is 0. The number of hydrogen-bond acceptors (Lipinski definition) is 5. The standard InChI is InChI=1S/C9H10N2O5/c1-6(10(13)14)9(12)7-4-2-3-5-8(7)11(15)16/h2-6,9,12H,1H3/t6-,9+/m0/s1. The molecule has 0 aromatic heterocycles. The summed E-state index contributed by atoms with van der Waals surface area (Å²) < 4.78 is 0. The molecule has 7 heteroatoms. The second-order valence-corrected chi connectivity index (χ2v) is 3.29. The minimum Gasteiger partial charge on any atom is -0.381 e. The van der Waals surface area contributed by atoms with Gasteiger partial charge in [-0.3, -0.25) is 20.2 Å². The number of nitrogens with zero attached hydrogens (tertiary/aromatic N) is 2. The van der Waals surface area contributed by atoms with E-state index in [2.05, 4.69) is 0 Å². The first kappa shape index (κ1) is 12.1. The van der Waals surface area contributed by atoms with Crippen molar-refractivity contribution in [1.82, 2.24) is 0 Å². The molecule has 1 rings (SSSR count). The molecule has 0 unspecified atom stereocenters. The molecule has 1 aromatic rings. The number of hydrogen-bond donors (Lipinski definition) is 1. The zero-order chi connectivity index (χ0) is 12.3. The summed E-state index contributed by atoms with van der Waals surface area (Å²) in [6.07, 6.45) is -1.49. The van der Waals surface area contributed by atoms with Gasteiger partial charge in [-0.15, -0.1) is 0 Å². The average molecular weight is 226 g/mol. The Morgan fingerprint density at radius 1 is 1.25 bits per heavy atom. The van der Waals surface area contributed by atoms with Gasteiger partial charge in [0, 0.05) is 17.9 Å². The molecule has 0 aliphatic carbocycles. The van der Waals surface area contributed by atoms with E-state index >= 15 is 0 Å². The maximum Gasteiger partial charge on any atom is 0.275 e. The highest BCUT2D eigenvalue weighted by Gasteiger charge is 2.30. The van der Waals surface area contributed by atoms with Crippen molar-refractivity contribution in [3.05, 3.63) is 50.1 Å². The number of nitro benzene ring substituents is 1. The van der Waals surface area contributed by atoms with Crippen LogP contribution in [-0.4, -0.2) is 21.0 Å². The van der Waals surface area contributed by atoms with Gasteiger partial charge >= 0.3 is 0 Å². The Balaban J connectivity index is 3.12. The molecule has 0 aliphatic rings. The van der Waals surface area contributed by atoms with Crippen molar-refractivity contribution in [1.29, 1.82) is 0 Å². The minimum atomic E-state index is -1.49. The number of rotatable bonds is 4. The van der Waals surface area contributed by atoms with Crippen molar-refractivity contribution in [2.75, 3.05) is 0 Å². The molecule has 0 fully saturated rings. The fourth-order valence-electron chi connectivity index (χ4n) is 1.28. The number of nitro groups is 2. The molecule has 0 radical (unpaired) electrons. The summed E-state index contributed by atoms with van der Waals surface area (Å²) in [4.78, 5) is 19.8. The maximum atomic E-state index is 10.6. The van der Waals surface area contributed by atoms with Crippen LogP contribution < -0.4 is 0 Å². The Morgan fingerprint density at radius 3 is 2.31 bits per heavy atom. The molecule has 0 spiro atoms. The Labute approximate surface area is 90.6 Å². The lowest BCUT2D eigenvalue weighted by molar-refractivity contribution is -0.531. The molecule has 0 saturated heterocycles. The zero-order valence-corrected chi connectivity index (χ0v) is 8.44. The molecule has 7 nitrogen and oxygen atoms in total. The SMILES string of the molecule is C[C@@H]([C@@H](O)c1ccccc1[N+](=O)[O-])[N+](=O)[O-]. The molecular formula is C9H10N2O5. The van der Waals surface area contributed by atoms with Crippen LogP contribution in [0.1, 0.15) is 18.6 Å². The molecule has 1 N–H and O–H groups in total. The highest BCUT2D eigenvalue weighted by Crippen LogP contribution is 2.27. The van der Waals surface area contributed by atoms with Crippen molar-refractivity contribution in [3.63, 3.8) is 0 Å². The van der Waals surface area contributed by atoms with E-state index < -0.39 is 22.0 Å². The van der Waals surface area contributed by atoms with Gasteiger partial charge in [-0.25, -0.2) is 0 Å². The largest absolute Gasteiger partial charge is 0.381 e. The summed E-state index contributed by atoms with van der Waals surface area (Å²) >= 11 is 0. The van der Waals surface area contributed by atoms with Gasteiger partial charge in [-0.05, 0) is 6.07 Å². The van der Waals surface area contributed by atoms with E-state index in [-0.39, 0.29) is 11.3 Å². The molecule has 0 heterocycles. The summed E-state index contributed by atoms with van der Waals surface area (Å²) in [5, 5.41) is 30.8. The third-order valence-electron chi connectivity index (χ3n) is 2.24. The molecular weight excluding hydrogens is 216 g/mol. The van der Waals surface area contributed by atoms with Gasteiger partial charge in [0.2, 0.25) is 6.04 Å². The number of para-hydroxylation sites is 1. The zero-order valence-electron chi connectivity index (χ0n) is 8.44. The predicted octanol–water partition coefficient (Wildman–Crippen LogP) is 1.29. The van der Waals surface area contributed by atoms with Gasteiger partial charge in [0.05, 0.1) is 10.5 Å². The normalized spacial score (nSPS) is 14.1. The summed E-state index contributed by atoms with van der Waals surface area (Å²) in [5.41, 5.74) is -0.361. The Bertz CT molecular complexity index is 420. The summed E-state index contributed by atoms with van der Waals surface area (Å²) in [6.45, 7) is 1.20. The number of aliphatic hydroxyl groups excluding tert-OH is 1. The van der Waals surface area contributed by atoms with Crippen molar-refractivity contribution in [2.45, 2.75) is 19.1 Å². The van der Waals surface area contributed by atoms with Crippen LogP contribution in [0, 0.1) is 20.2 Å². The summed E-state index contributed by atoms with van der Waals surface area (Å²) in [6, 6.07) is 4.14. The number of aliphatic hydroxyl groups is 1. The monoisotopic (exact) mass is 226 g/mol. The highest BCUT2D eigenvalue weighted by atomic mass is 16.6. The molecule has 0 saturated carbocycles. The average Bonchev–Trinajstić information content (AvgIpc) is 2.26. The van der Waals surface area contributed by atoms with Gasteiger partial charge < -0.3 is 5.11 Å². The number of benzene rings is 1. The molecule has 1 aromatic carbocycles. The quantitative estimate of drug-likeness (QED) is 0.614. The summed E-state index contributed by atoms with van der Waals surface area (Å²) in [5.74, 6) is 0. The minimum absolute atomic E-state index is 0.0447. The second-order valence-electron chi connectivity index (χ2n) is 3.29. The first-order valence-corrected chi connectivity index (χ1v) is 4.50. The van der Waals surface area contributed by atoms with Gasteiger partial charge in [-0.2, -0.15) is 0 Å². The molecule has 0 aliphatic heterocycles. The lowest BCUT2D eigenvalue weighted by Gasteiger charge is -2.12. The maximum absolute atomic E-state index is 10.6. The Morgan fingerprint density at radius 2 is 1.81 bits per heavy atom. The van der Waals surface area contributed by atoms with Gasteiger partial charge in [0.25, 0.3) is 5.69 Å².